The van der Waals surface area contributed by atoms with E-state index in [0.717, 1.165) is 13.1 Å². The molecule has 166 valence electrons. The van der Waals surface area contributed by atoms with Gasteiger partial charge in [-0.05, 0) is 39.0 Å². The van der Waals surface area contributed by atoms with E-state index in [1.54, 1.807) is 17.0 Å². The maximum Gasteiger partial charge on any atom is 0.324 e. The lowest BCUT2D eigenvalue weighted by Crippen LogP contribution is -2.57. The van der Waals surface area contributed by atoms with E-state index in [2.05, 4.69) is 25.7 Å². The van der Waals surface area contributed by atoms with Crippen molar-refractivity contribution in [1.29, 1.82) is 0 Å². The van der Waals surface area contributed by atoms with Crippen LogP contribution >= 0.6 is 0 Å². The number of nitrogens with zero attached hydrogens (tertiary/aromatic N) is 3. The van der Waals surface area contributed by atoms with Gasteiger partial charge >= 0.3 is 6.03 Å². The summed E-state index contributed by atoms with van der Waals surface area (Å²) in [6.45, 7) is 9.23. The number of benzene rings is 2. The molecule has 0 spiro atoms. The average Bonchev–Trinajstić information content (AvgIpc) is 2.77. The first-order valence-electron chi connectivity index (χ1n) is 10.6. The van der Waals surface area contributed by atoms with Crippen molar-refractivity contribution in [2.45, 2.75) is 32.9 Å². The van der Waals surface area contributed by atoms with Crippen LogP contribution in [0, 0.1) is 5.82 Å². The molecule has 2 aromatic carbocycles. The molecule has 1 fully saturated rings. The topological polar surface area (TPSA) is 69.9 Å². The van der Waals surface area contributed by atoms with Crippen LogP contribution in [0.2, 0.25) is 0 Å². The summed E-state index contributed by atoms with van der Waals surface area (Å²) in [4.78, 5) is 31.0. The van der Waals surface area contributed by atoms with Crippen molar-refractivity contribution in [2.24, 2.45) is 5.73 Å². The van der Waals surface area contributed by atoms with Crippen molar-refractivity contribution < 1.29 is 14.0 Å². The fraction of sp³-hybridized carbons (Fsp3) is 0.417. The molecule has 0 saturated carbocycles. The lowest BCUT2D eigenvalue weighted by Gasteiger charge is -2.43. The second kappa shape index (κ2) is 9.58. The Hall–Kier alpha value is -2.77. The lowest BCUT2D eigenvalue weighted by molar-refractivity contribution is 0.0758. The number of urea groups is 1. The second-order valence-corrected chi connectivity index (χ2v) is 8.78. The van der Waals surface area contributed by atoms with Gasteiger partial charge < -0.3 is 10.6 Å². The van der Waals surface area contributed by atoms with Gasteiger partial charge in [-0.1, -0.05) is 30.3 Å². The van der Waals surface area contributed by atoms with Crippen molar-refractivity contribution in [3.8, 4) is 0 Å². The van der Waals surface area contributed by atoms with Gasteiger partial charge in [-0.25, -0.2) is 9.18 Å². The molecular weight excluding hydrogens is 395 g/mol. The molecule has 0 unspecified atom stereocenters. The fourth-order valence-electron chi connectivity index (χ4n) is 3.75. The van der Waals surface area contributed by atoms with Gasteiger partial charge in [0.1, 0.15) is 5.82 Å². The molecule has 1 saturated heterocycles. The average molecular weight is 427 g/mol. The third-order valence-electron chi connectivity index (χ3n) is 5.69. The molecule has 0 atom stereocenters. The van der Waals surface area contributed by atoms with Gasteiger partial charge in [0, 0.05) is 48.5 Å². The van der Waals surface area contributed by atoms with E-state index in [0.29, 0.717) is 24.3 Å². The third-order valence-corrected chi connectivity index (χ3v) is 5.69. The third kappa shape index (κ3) is 5.48. The van der Waals surface area contributed by atoms with Crippen LogP contribution in [0.5, 0.6) is 0 Å². The molecule has 1 aliphatic rings. The minimum absolute atomic E-state index is 0.0556. The number of carbonyl (C=O) groups excluding carboxylic acids is 2. The molecule has 0 radical (unpaired) electrons. The summed E-state index contributed by atoms with van der Waals surface area (Å²) in [5, 5.41) is 0. The highest BCUT2D eigenvalue weighted by atomic mass is 19.1. The Bertz CT molecular complexity index is 919. The van der Waals surface area contributed by atoms with Gasteiger partial charge in [0.05, 0.1) is 13.1 Å². The molecule has 1 aliphatic heterocycles. The molecular formula is C24H31FN4O2. The van der Waals surface area contributed by atoms with Gasteiger partial charge in [-0.2, -0.15) is 0 Å². The number of rotatable bonds is 5. The lowest BCUT2D eigenvalue weighted by atomic mass is 10.0. The highest BCUT2D eigenvalue weighted by molar-refractivity contribution is 5.97. The summed E-state index contributed by atoms with van der Waals surface area (Å²) in [5.41, 5.74) is 6.71. The first-order valence-corrected chi connectivity index (χ1v) is 10.6. The van der Waals surface area contributed by atoms with E-state index in [1.165, 1.54) is 6.07 Å². The largest absolute Gasteiger partial charge is 0.324 e. The highest BCUT2D eigenvalue weighted by Gasteiger charge is 2.30. The van der Waals surface area contributed by atoms with Crippen LogP contribution < -0.4 is 10.6 Å². The zero-order valence-corrected chi connectivity index (χ0v) is 18.5. The SMILES string of the molecule is CC(C)(C)N1CCN(C(=O)N(Cc2ccc(C(=O)CN)cc2F)c2ccccc2)CC1. The molecule has 3 rings (SSSR count). The van der Waals surface area contributed by atoms with Gasteiger partial charge in [-0.15, -0.1) is 0 Å². The van der Waals surface area contributed by atoms with Gasteiger partial charge in [-0.3, -0.25) is 14.6 Å². The van der Waals surface area contributed by atoms with E-state index >= 15 is 0 Å². The van der Waals surface area contributed by atoms with E-state index in [-0.39, 0.29) is 36.0 Å². The molecule has 0 aromatic heterocycles. The number of para-hydroxylation sites is 1. The number of Topliss-reactive ketones (excluding diaryl/α,β-unsaturated/α-hetero) is 1. The number of piperazine rings is 1. The summed E-state index contributed by atoms with van der Waals surface area (Å²) in [7, 11) is 0. The minimum Gasteiger partial charge on any atom is -0.324 e. The number of hydrogen-bond donors (Lipinski definition) is 1. The molecule has 0 bridgehead atoms. The van der Waals surface area contributed by atoms with Gasteiger partial charge in [0.15, 0.2) is 5.78 Å². The summed E-state index contributed by atoms with van der Waals surface area (Å²) < 4.78 is 14.8. The van der Waals surface area contributed by atoms with E-state index in [1.807, 2.05) is 35.2 Å². The Morgan fingerprint density at radius 3 is 2.23 bits per heavy atom. The molecule has 7 heteroatoms. The van der Waals surface area contributed by atoms with Crippen molar-refractivity contribution in [3.63, 3.8) is 0 Å². The van der Waals surface area contributed by atoms with Crippen LogP contribution in [0.4, 0.5) is 14.9 Å². The number of ketones is 1. The number of anilines is 1. The minimum atomic E-state index is -0.523. The number of halogens is 1. The maximum atomic E-state index is 14.8. The molecule has 0 aliphatic carbocycles. The Balaban J connectivity index is 1.82. The predicted molar refractivity (Wildman–Crippen MR) is 121 cm³/mol. The van der Waals surface area contributed by atoms with E-state index < -0.39 is 5.82 Å². The summed E-state index contributed by atoms with van der Waals surface area (Å²) >= 11 is 0. The Morgan fingerprint density at radius 1 is 1.03 bits per heavy atom. The van der Waals surface area contributed by atoms with Crippen LogP contribution in [0.1, 0.15) is 36.7 Å². The van der Waals surface area contributed by atoms with Crippen LogP contribution in [-0.4, -0.2) is 59.9 Å². The number of carbonyl (C=O) groups is 2. The van der Waals surface area contributed by atoms with Crippen LogP contribution in [0.25, 0.3) is 0 Å². The smallest absolute Gasteiger partial charge is 0.324 e. The number of hydrogen-bond acceptors (Lipinski definition) is 4. The van der Waals surface area contributed by atoms with Crippen LogP contribution in [0.3, 0.4) is 0 Å². The van der Waals surface area contributed by atoms with Crippen molar-refractivity contribution in [1.82, 2.24) is 9.80 Å². The zero-order chi connectivity index (χ0) is 22.6. The molecule has 6 nitrogen and oxygen atoms in total. The molecule has 2 aromatic rings. The van der Waals surface area contributed by atoms with Crippen LogP contribution in [-0.2, 0) is 6.54 Å². The summed E-state index contributed by atoms with van der Waals surface area (Å²) in [5.74, 6) is -0.844. The van der Waals surface area contributed by atoms with Crippen molar-refractivity contribution in [2.75, 3.05) is 37.6 Å². The summed E-state index contributed by atoms with van der Waals surface area (Å²) in [6, 6.07) is 13.4. The van der Waals surface area contributed by atoms with Gasteiger partial charge in [0.25, 0.3) is 0 Å². The molecule has 2 amide bonds. The predicted octanol–water partition coefficient (Wildman–Crippen LogP) is 3.51. The Kier molecular flexibility index (Phi) is 7.08. The van der Waals surface area contributed by atoms with Crippen molar-refractivity contribution >= 4 is 17.5 Å². The fourth-order valence-corrected chi connectivity index (χ4v) is 3.75. The maximum absolute atomic E-state index is 14.8. The molecule has 2 N–H and O–H groups in total. The first-order chi connectivity index (χ1) is 14.7. The standard InChI is InChI=1S/C24H31FN4O2/c1-24(2,3)28-13-11-27(12-14-28)23(31)29(20-7-5-4-6-8-20)17-19-10-9-18(15-21(19)25)22(30)16-26/h4-10,15H,11-14,16-17,26H2,1-3H3. The Labute approximate surface area is 183 Å². The molecule has 31 heavy (non-hydrogen) atoms. The highest BCUT2D eigenvalue weighted by Crippen LogP contribution is 2.23. The normalized spacial score (nSPS) is 15.1. The zero-order valence-electron chi connectivity index (χ0n) is 18.5. The van der Waals surface area contributed by atoms with E-state index in [4.69, 9.17) is 5.73 Å². The number of amides is 2. The first kappa shape index (κ1) is 22.9. The number of nitrogens with two attached hydrogens (primary N) is 1. The monoisotopic (exact) mass is 426 g/mol. The van der Waals surface area contributed by atoms with Crippen LogP contribution in [0.15, 0.2) is 48.5 Å². The summed E-state index contributed by atoms with van der Waals surface area (Å²) in [6.07, 6.45) is 0. The van der Waals surface area contributed by atoms with E-state index in [9.17, 15) is 14.0 Å². The quantitative estimate of drug-likeness (QED) is 0.743. The van der Waals surface area contributed by atoms with Gasteiger partial charge in [0.2, 0.25) is 0 Å². The molecule has 1 heterocycles. The Morgan fingerprint density at radius 2 is 1.68 bits per heavy atom. The van der Waals surface area contributed by atoms with Crippen molar-refractivity contribution in [3.05, 3.63) is 65.5 Å². The second-order valence-electron chi connectivity index (χ2n) is 8.78.